The number of aliphatic carboxylic acids is 1. The zero-order chi connectivity index (χ0) is 12.0. The van der Waals surface area contributed by atoms with Crippen LogP contribution >= 0.6 is 0 Å². The number of benzene rings is 1. The first kappa shape index (κ1) is 12.7. The molecule has 0 saturated carbocycles. The van der Waals surface area contributed by atoms with Crippen molar-refractivity contribution in [1.82, 2.24) is 0 Å². The summed E-state index contributed by atoms with van der Waals surface area (Å²) in [5.41, 5.74) is 7.68. The summed E-state index contributed by atoms with van der Waals surface area (Å²) in [4.78, 5) is 11.1. The maximum absolute atomic E-state index is 11.1. The molecular weight excluding hydrogens is 202 g/mol. The fraction of sp³-hybridized carbons (Fsp3) is 0.462. The predicted octanol–water partition coefficient (Wildman–Crippen LogP) is 1.98. The van der Waals surface area contributed by atoms with Crippen LogP contribution in [0.4, 0.5) is 0 Å². The molecule has 1 aromatic carbocycles. The van der Waals surface area contributed by atoms with E-state index in [0.29, 0.717) is 19.4 Å². The van der Waals surface area contributed by atoms with Gasteiger partial charge in [-0.25, -0.2) is 0 Å². The number of hydrogen-bond donors (Lipinski definition) is 2. The minimum Gasteiger partial charge on any atom is -0.481 e. The molecule has 0 saturated heterocycles. The van der Waals surface area contributed by atoms with Crippen LogP contribution in [0.1, 0.15) is 24.0 Å². The first-order valence-corrected chi connectivity index (χ1v) is 5.62. The quantitative estimate of drug-likeness (QED) is 0.772. The molecule has 16 heavy (non-hydrogen) atoms. The molecule has 3 nitrogen and oxygen atoms in total. The van der Waals surface area contributed by atoms with Gasteiger partial charge in [-0.05, 0) is 43.9 Å². The van der Waals surface area contributed by atoms with E-state index in [-0.39, 0.29) is 5.92 Å². The standard InChI is InChI=1S/C13H19NO2/c1-10-5-2-3-6-11(10)9-12(13(15)16)7-4-8-14/h2-3,5-6,12H,4,7-9,14H2,1H3,(H,15,16). The largest absolute Gasteiger partial charge is 0.481 e. The van der Waals surface area contributed by atoms with Crippen LogP contribution in [0, 0.1) is 12.8 Å². The van der Waals surface area contributed by atoms with Gasteiger partial charge in [0.25, 0.3) is 0 Å². The van der Waals surface area contributed by atoms with Crippen LogP contribution in [-0.2, 0) is 11.2 Å². The molecule has 3 heteroatoms. The normalized spacial score (nSPS) is 12.4. The van der Waals surface area contributed by atoms with E-state index in [1.165, 1.54) is 0 Å². The second kappa shape index (κ2) is 6.28. The first-order chi connectivity index (χ1) is 7.65. The van der Waals surface area contributed by atoms with Crippen LogP contribution in [0.5, 0.6) is 0 Å². The first-order valence-electron chi connectivity index (χ1n) is 5.62. The number of carboxylic acids is 1. The monoisotopic (exact) mass is 221 g/mol. The Morgan fingerprint density at radius 3 is 2.69 bits per heavy atom. The SMILES string of the molecule is Cc1ccccc1CC(CCCN)C(=O)O. The van der Waals surface area contributed by atoms with Gasteiger partial charge in [0, 0.05) is 0 Å². The molecule has 0 radical (unpaired) electrons. The van der Waals surface area contributed by atoms with Gasteiger partial charge in [0.1, 0.15) is 0 Å². The smallest absolute Gasteiger partial charge is 0.306 e. The summed E-state index contributed by atoms with van der Waals surface area (Å²) in [5.74, 6) is -1.04. The summed E-state index contributed by atoms with van der Waals surface area (Å²) in [6, 6.07) is 7.92. The highest BCUT2D eigenvalue weighted by molar-refractivity contribution is 5.70. The molecule has 1 aromatic rings. The topological polar surface area (TPSA) is 63.3 Å². The molecule has 0 spiro atoms. The van der Waals surface area contributed by atoms with Crippen molar-refractivity contribution >= 4 is 5.97 Å². The van der Waals surface area contributed by atoms with Crippen LogP contribution < -0.4 is 5.73 Å². The number of aryl methyl sites for hydroxylation is 1. The highest BCUT2D eigenvalue weighted by Crippen LogP contribution is 2.17. The van der Waals surface area contributed by atoms with E-state index in [1.54, 1.807) is 0 Å². The van der Waals surface area contributed by atoms with Gasteiger partial charge in [-0.1, -0.05) is 24.3 Å². The lowest BCUT2D eigenvalue weighted by Gasteiger charge is -2.13. The summed E-state index contributed by atoms with van der Waals surface area (Å²) in [5, 5.41) is 9.11. The lowest BCUT2D eigenvalue weighted by molar-refractivity contribution is -0.141. The number of nitrogens with two attached hydrogens (primary N) is 1. The van der Waals surface area contributed by atoms with E-state index >= 15 is 0 Å². The molecule has 1 unspecified atom stereocenters. The number of rotatable bonds is 6. The van der Waals surface area contributed by atoms with Gasteiger partial charge in [-0.2, -0.15) is 0 Å². The minimum absolute atomic E-state index is 0.315. The van der Waals surface area contributed by atoms with Crippen molar-refractivity contribution in [3.63, 3.8) is 0 Å². The fourth-order valence-corrected chi connectivity index (χ4v) is 1.78. The highest BCUT2D eigenvalue weighted by Gasteiger charge is 2.17. The predicted molar refractivity (Wildman–Crippen MR) is 64.3 cm³/mol. The molecule has 1 atom stereocenters. The van der Waals surface area contributed by atoms with Gasteiger partial charge in [-0.3, -0.25) is 4.79 Å². The maximum Gasteiger partial charge on any atom is 0.306 e. The zero-order valence-corrected chi connectivity index (χ0v) is 9.65. The number of hydrogen-bond acceptors (Lipinski definition) is 2. The Morgan fingerprint density at radius 2 is 2.12 bits per heavy atom. The lowest BCUT2D eigenvalue weighted by atomic mass is 9.93. The van der Waals surface area contributed by atoms with E-state index in [9.17, 15) is 4.79 Å². The molecule has 0 aromatic heterocycles. The van der Waals surface area contributed by atoms with Crippen molar-refractivity contribution in [1.29, 1.82) is 0 Å². The summed E-state index contributed by atoms with van der Waals surface area (Å²) in [7, 11) is 0. The van der Waals surface area contributed by atoms with Crippen molar-refractivity contribution in [3.8, 4) is 0 Å². The van der Waals surface area contributed by atoms with Crippen LogP contribution in [0.25, 0.3) is 0 Å². The van der Waals surface area contributed by atoms with Gasteiger partial charge in [0.05, 0.1) is 5.92 Å². The van der Waals surface area contributed by atoms with Crippen molar-refractivity contribution in [2.75, 3.05) is 6.54 Å². The minimum atomic E-state index is -0.725. The molecule has 3 N–H and O–H groups in total. The molecule has 0 heterocycles. The molecule has 0 aliphatic carbocycles. The third-order valence-electron chi connectivity index (χ3n) is 2.83. The van der Waals surface area contributed by atoms with E-state index in [0.717, 1.165) is 17.5 Å². The Kier molecular flexibility index (Phi) is 4.99. The highest BCUT2D eigenvalue weighted by atomic mass is 16.4. The van der Waals surface area contributed by atoms with Gasteiger partial charge >= 0.3 is 5.97 Å². The molecule has 0 aliphatic rings. The number of carboxylic acid groups (broad SMARTS) is 1. The summed E-state index contributed by atoms with van der Waals surface area (Å²) in [6.07, 6.45) is 2.02. The van der Waals surface area contributed by atoms with Gasteiger partial charge in [-0.15, -0.1) is 0 Å². The summed E-state index contributed by atoms with van der Waals surface area (Å²) >= 11 is 0. The molecule has 88 valence electrons. The van der Waals surface area contributed by atoms with Crippen molar-refractivity contribution in [2.24, 2.45) is 11.7 Å². The van der Waals surface area contributed by atoms with Crippen LogP contribution in [-0.4, -0.2) is 17.6 Å². The lowest BCUT2D eigenvalue weighted by Crippen LogP contribution is -2.18. The van der Waals surface area contributed by atoms with E-state index in [2.05, 4.69) is 0 Å². The third-order valence-corrected chi connectivity index (χ3v) is 2.83. The molecule has 0 aliphatic heterocycles. The van der Waals surface area contributed by atoms with Gasteiger partial charge < -0.3 is 10.8 Å². The second-order valence-corrected chi connectivity index (χ2v) is 4.10. The summed E-state index contributed by atoms with van der Waals surface area (Å²) in [6.45, 7) is 2.56. The Hall–Kier alpha value is -1.35. The average Bonchev–Trinajstić information content (AvgIpc) is 2.26. The fourth-order valence-electron chi connectivity index (χ4n) is 1.78. The second-order valence-electron chi connectivity index (χ2n) is 4.10. The van der Waals surface area contributed by atoms with Crippen LogP contribution in [0.15, 0.2) is 24.3 Å². The van der Waals surface area contributed by atoms with E-state index in [4.69, 9.17) is 10.8 Å². The molecule has 0 amide bonds. The molecule has 0 fully saturated rings. The van der Waals surface area contributed by atoms with E-state index in [1.807, 2.05) is 31.2 Å². The van der Waals surface area contributed by atoms with E-state index < -0.39 is 5.97 Å². The van der Waals surface area contributed by atoms with Crippen LogP contribution in [0.3, 0.4) is 0 Å². The van der Waals surface area contributed by atoms with Gasteiger partial charge in [0.2, 0.25) is 0 Å². The Labute approximate surface area is 96.3 Å². The maximum atomic E-state index is 11.1. The molecule has 0 bridgehead atoms. The Bertz CT molecular complexity index is 350. The Morgan fingerprint density at radius 1 is 1.44 bits per heavy atom. The Balaban J connectivity index is 2.68. The average molecular weight is 221 g/mol. The van der Waals surface area contributed by atoms with Crippen molar-refractivity contribution in [2.45, 2.75) is 26.2 Å². The molecule has 1 rings (SSSR count). The van der Waals surface area contributed by atoms with Crippen molar-refractivity contribution < 1.29 is 9.90 Å². The molecular formula is C13H19NO2. The summed E-state index contributed by atoms with van der Waals surface area (Å²) < 4.78 is 0. The third kappa shape index (κ3) is 3.66. The van der Waals surface area contributed by atoms with Gasteiger partial charge in [0.15, 0.2) is 0 Å². The zero-order valence-electron chi connectivity index (χ0n) is 9.65. The number of carbonyl (C=O) groups is 1. The van der Waals surface area contributed by atoms with Crippen LogP contribution in [0.2, 0.25) is 0 Å². The van der Waals surface area contributed by atoms with Crippen molar-refractivity contribution in [3.05, 3.63) is 35.4 Å².